The fraction of sp³-hybridized carbons (Fsp3) is 0.400. The lowest BCUT2D eigenvalue weighted by Crippen LogP contribution is -2.32. The summed E-state index contributed by atoms with van der Waals surface area (Å²) in [5.41, 5.74) is 0.627. The minimum absolute atomic E-state index is 0.0164. The average molecular weight is 367 g/mol. The number of hydrogen-bond donors (Lipinski definition) is 1. The third-order valence-corrected chi connectivity index (χ3v) is 5.56. The van der Waals surface area contributed by atoms with Gasteiger partial charge in [-0.1, -0.05) is 6.07 Å². The smallest absolute Gasteiger partial charge is 0.254 e. The highest BCUT2D eigenvalue weighted by Crippen LogP contribution is 2.36. The molecule has 3 atom stereocenters. The molecule has 5 rings (SSSR count). The highest BCUT2D eigenvalue weighted by molar-refractivity contribution is 5.95. The molecular formula is C20H21N3O4. The summed E-state index contributed by atoms with van der Waals surface area (Å²) in [7, 11) is 0. The number of amides is 1. The molecule has 0 unspecified atom stereocenters. The van der Waals surface area contributed by atoms with Crippen LogP contribution in [0.3, 0.4) is 0 Å². The summed E-state index contributed by atoms with van der Waals surface area (Å²) in [5.74, 6) is 2.92. The number of aromatic nitrogens is 1. The second kappa shape index (κ2) is 6.74. The number of carbonyl (C=O) groups is 1. The van der Waals surface area contributed by atoms with Crippen molar-refractivity contribution in [3.05, 3.63) is 48.2 Å². The van der Waals surface area contributed by atoms with Crippen LogP contribution in [0.4, 0.5) is 5.82 Å². The molecule has 0 aliphatic carbocycles. The second-order valence-electron chi connectivity index (χ2n) is 7.17. The van der Waals surface area contributed by atoms with Crippen LogP contribution in [0.15, 0.2) is 42.6 Å². The number of nitrogens with one attached hydrogen (secondary N) is 1. The number of likely N-dealkylation sites (tertiary alicyclic amines) is 1. The van der Waals surface area contributed by atoms with Gasteiger partial charge in [-0.25, -0.2) is 4.98 Å². The normalized spacial score (nSPS) is 25.5. The third kappa shape index (κ3) is 3.08. The quantitative estimate of drug-likeness (QED) is 0.891. The number of carbonyl (C=O) groups excluding carboxylic acids is 1. The molecule has 2 fully saturated rings. The molecule has 27 heavy (non-hydrogen) atoms. The number of nitrogens with zero attached hydrogens (tertiary/aromatic N) is 2. The maximum atomic E-state index is 12.9. The third-order valence-electron chi connectivity index (χ3n) is 5.56. The fourth-order valence-electron chi connectivity index (χ4n) is 4.09. The Morgan fingerprint density at radius 1 is 1.19 bits per heavy atom. The molecule has 7 nitrogen and oxygen atoms in total. The topological polar surface area (TPSA) is 72.9 Å². The number of ether oxygens (including phenoxy) is 3. The SMILES string of the molecule is O=C(c1ccc2c(c1)OCO2)N1C[C@H]2[C@H](CNc3ccccn3)CO[C@H]2C1. The van der Waals surface area contributed by atoms with Gasteiger partial charge in [-0.3, -0.25) is 4.79 Å². The van der Waals surface area contributed by atoms with Crippen LogP contribution in [-0.4, -0.2) is 54.9 Å². The Balaban J connectivity index is 1.23. The van der Waals surface area contributed by atoms with Crippen molar-refractivity contribution in [3.63, 3.8) is 0 Å². The summed E-state index contributed by atoms with van der Waals surface area (Å²) in [6.45, 7) is 3.08. The maximum Gasteiger partial charge on any atom is 0.254 e. The molecule has 4 heterocycles. The van der Waals surface area contributed by atoms with Crippen molar-refractivity contribution in [2.24, 2.45) is 11.8 Å². The Hall–Kier alpha value is -2.80. The van der Waals surface area contributed by atoms with Gasteiger partial charge in [-0.15, -0.1) is 0 Å². The van der Waals surface area contributed by atoms with Crippen molar-refractivity contribution in [2.45, 2.75) is 6.10 Å². The van der Waals surface area contributed by atoms with Crippen LogP contribution in [0.5, 0.6) is 11.5 Å². The second-order valence-corrected chi connectivity index (χ2v) is 7.17. The molecule has 1 aromatic heterocycles. The molecule has 1 amide bonds. The van der Waals surface area contributed by atoms with E-state index < -0.39 is 0 Å². The first-order chi connectivity index (χ1) is 13.3. The van der Waals surface area contributed by atoms with Gasteiger partial charge in [0.05, 0.1) is 12.7 Å². The number of benzene rings is 1. The van der Waals surface area contributed by atoms with E-state index in [-0.39, 0.29) is 18.8 Å². The van der Waals surface area contributed by atoms with Gasteiger partial charge in [-0.2, -0.15) is 0 Å². The van der Waals surface area contributed by atoms with E-state index >= 15 is 0 Å². The molecule has 1 N–H and O–H groups in total. The summed E-state index contributed by atoms with van der Waals surface area (Å²) < 4.78 is 16.7. The number of anilines is 1. The van der Waals surface area contributed by atoms with E-state index in [0.717, 1.165) is 19.0 Å². The lowest BCUT2D eigenvalue weighted by molar-refractivity contribution is 0.0680. The number of rotatable bonds is 4. The summed E-state index contributed by atoms with van der Waals surface area (Å²) >= 11 is 0. The van der Waals surface area contributed by atoms with E-state index in [1.807, 2.05) is 23.1 Å². The van der Waals surface area contributed by atoms with Gasteiger partial charge in [0.1, 0.15) is 5.82 Å². The Kier molecular flexibility index (Phi) is 4.09. The van der Waals surface area contributed by atoms with Crippen LogP contribution in [0.2, 0.25) is 0 Å². The standard InChI is InChI=1S/C20H21N3O4/c24-20(13-4-5-16-17(7-13)27-12-26-16)23-9-15-14(11-25-18(15)10-23)8-22-19-3-1-2-6-21-19/h1-7,14-15,18H,8-12H2,(H,21,22)/t14-,15+,18+/m1/s1. The van der Waals surface area contributed by atoms with Crippen molar-refractivity contribution >= 4 is 11.7 Å². The average Bonchev–Trinajstić information content (AvgIpc) is 3.42. The maximum absolute atomic E-state index is 12.9. The van der Waals surface area contributed by atoms with Gasteiger partial charge in [0.2, 0.25) is 6.79 Å². The van der Waals surface area contributed by atoms with E-state index in [4.69, 9.17) is 14.2 Å². The van der Waals surface area contributed by atoms with Crippen LogP contribution in [0, 0.1) is 11.8 Å². The molecule has 0 saturated carbocycles. The summed E-state index contributed by atoms with van der Waals surface area (Å²) in [4.78, 5) is 19.1. The predicted molar refractivity (Wildman–Crippen MR) is 97.9 cm³/mol. The van der Waals surface area contributed by atoms with Crippen LogP contribution < -0.4 is 14.8 Å². The number of pyridine rings is 1. The molecule has 1 aromatic carbocycles. The first kappa shape index (κ1) is 16.4. The van der Waals surface area contributed by atoms with E-state index in [9.17, 15) is 4.79 Å². The van der Waals surface area contributed by atoms with Gasteiger partial charge in [0.25, 0.3) is 5.91 Å². The predicted octanol–water partition coefficient (Wildman–Crippen LogP) is 2.01. The van der Waals surface area contributed by atoms with Crippen molar-refractivity contribution < 1.29 is 19.0 Å². The Labute approximate surface area is 157 Å². The Morgan fingerprint density at radius 3 is 3.00 bits per heavy atom. The van der Waals surface area contributed by atoms with E-state index in [1.54, 1.807) is 24.4 Å². The molecule has 2 aromatic rings. The molecule has 7 heteroatoms. The zero-order valence-corrected chi connectivity index (χ0v) is 14.8. The molecular weight excluding hydrogens is 346 g/mol. The van der Waals surface area contributed by atoms with Crippen LogP contribution in [0.1, 0.15) is 10.4 Å². The molecule has 0 radical (unpaired) electrons. The summed E-state index contributed by atoms with van der Waals surface area (Å²) in [6, 6.07) is 11.2. The van der Waals surface area contributed by atoms with Gasteiger partial charge in [0.15, 0.2) is 11.5 Å². The van der Waals surface area contributed by atoms with E-state index in [1.165, 1.54) is 0 Å². The zero-order chi connectivity index (χ0) is 18.2. The molecule has 0 bridgehead atoms. The summed E-state index contributed by atoms with van der Waals surface area (Å²) in [6.07, 6.45) is 1.89. The van der Waals surface area contributed by atoms with Crippen LogP contribution in [0.25, 0.3) is 0 Å². The minimum Gasteiger partial charge on any atom is -0.454 e. The van der Waals surface area contributed by atoms with Gasteiger partial charge < -0.3 is 24.4 Å². The molecule has 3 aliphatic heterocycles. The van der Waals surface area contributed by atoms with Crippen molar-refractivity contribution in [1.29, 1.82) is 0 Å². The Morgan fingerprint density at radius 2 is 2.11 bits per heavy atom. The van der Waals surface area contributed by atoms with Crippen LogP contribution in [-0.2, 0) is 4.74 Å². The molecule has 2 saturated heterocycles. The highest BCUT2D eigenvalue weighted by atomic mass is 16.7. The summed E-state index contributed by atoms with van der Waals surface area (Å²) in [5, 5.41) is 3.38. The lowest BCUT2D eigenvalue weighted by atomic mass is 9.93. The van der Waals surface area contributed by atoms with E-state index in [0.29, 0.717) is 42.0 Å². The molecule has 0 spiro atoms. The minimum atomic E-state index is 0.0164. The zero-order valence-electron chi connectivity index (χ0n) is 14.8. The van der Waals surface area contributed by atoms with E-state index in [2.05, 4.69) is 10.3 Å². The number of fused-ring (bicyclic) bond motifs is 2. The van der Waals surface area contributed by atoms with Crippen molar-refractivity contribution in [1.82, 2.24) is 9.88 Å². The van der Waals surface area contributed by atoms with Gasteiger partial charge >= 0.3 is 0 Å². The highest BCUT2D eigenvalue weighted by Gasteiger charge is 2.45. The first-order valence-electron chi connectivity index (χ1n) is 9.23. The first-order valence-corrected chi connectivity index (χ1v) is 9.23. The molecule has 3 aliphatic rings. The molecule has 140 valence electrons. The Bertz CT molecular complexity index is 844. The largest absolute Gasteiger partial charge is 0.454 e. The lowest BCUT2D eigenvalue weighted by Gasteiger charge is -2.20. The van der Waals surface area contributed by atoms with Gasteiger partial charge in [-0.05, 0) is 30.3 Å². The van der Waals surface area contributed by atoms with Crippen molar-refractivity contribution in [3.8, 4) is 11.5 Å². The number of hydrogen-bond acceptors (Lipinski definition) is 6. The van der Waals surface area contributed by atoms with Gasteiger partial charge in [0, 0.05) is 43.2 Å². The fourth-order valence-corrected chi connectivity index (χ4v) is 4.09. The monoisotopic (exact) mass is 367 g/mol. The van der Waals surface area contributed by atoms with Crippen LogP contribution >= 0.6 is 0 Å². The van der Waals surface area contributed by atoms with Crippen molar-refractivity contribution in [2.75, 3.05) is 38.4 Å².